The largest absolute Gasteiger partial charge is 0.342 e. The summed E-state index contributed by atoms with van der Waals surface area (Å²) in [7, 11) is 0. The third kappa shape index (κ3) is 7.07. The van der Waals surface area contributed by atoms with Crippen molar-refractivity contribution >= 4 is 29.3 Å². The lowest BCUT2D eigenvalue weighted by Gasteiger charge is -2.22. The monoisotopic (exact) mass is 505 g/mol. The fourth-order valence-electron chi connectivity index (χ4n) is 3.67. The normalized spacial score (nSPS) is 12.0. The van der Waals surface area contributed by atoms with Crippen molar-refractivity contribution in [2.75, 3.05) is 11.1 Å². The number of nitrogens with one attached hydrogen (secondary N) is 2. The molecule has 0 fully saturated rings. The average Bonchev–Trinajstić information content (AvgIpc) is 3.24. The van der Waals surface area contributed by atoms with Gasteiger partial charge >= 0.3 is 0 Å². The Morgan fingerprint density at radius 3 is 2.28 bits per heavy atom. The van der Waals surface area contributed by atoms with Gasteiger partial charge in [-0.2, -0.15) is 0 Å². The van der Waals surface area contributed by atoms with Crippen molar-refractivity contribution in [2.45, 2.75) is 58.3 Å². The van der Waals surface area contributed by atoms with E-state index in [-0.39, 0.29) is 29.5 Å². The van der Waals surface area contributed by atoms with Crippen LogP contribution in [0.1, 0.15) is 67.0 Å². The van der Waals surface area contributed by atoms with Gasteiger partial charge in [-0.3, -0.25) is 9.59 Å². The number of thioether (sulfide) groups is 1. The first-order valence-electron chi connectivity index (χ1n) is 12.1. The van der Waals surface area contributed by atoms with E-state index < -0.39 is 0 Å². The first-order valence-corrected chi connectivity index (χ1v) is 13.1. The first kappa shape index (κ1) is 27.2. The molecule has 36 heavy (non-hydrogen) atoms. The van der Waals surface area contributed by atoms with Gasteiger partial charge in [0.25, 0.3) is 5.91 Å². The van der Waals surface area contributed by atoms with Gasteiger partial charge in [0, 0.05) is 17.8 Å². The molecule has 0 saturated carbocycles. The highest BCUT2D eigenvalue weighted by atomic mass is 32.2. The number of hydrogen-bond donors (Lipinski definition) is 2. The fourth-order valence-corrected chi connectivity index (χ4v) is 4.43. The molecule has 2 N–H and O–H groups in total. The Hall–Kier alpha value is -3.39. The molecule has 3 aromatic rings. The SMILES string of the molecule is C=CCn1c(SCC(=O)Nc2ccc(C(C)C)cc2)nnc1[C@H](NC(=O)c1ccc(C)cc1)C(C)C. The van der Waals surface area contributed by atoms with Crippen LogP contribution in [0.5, 0.6) is 0 Å². The molecule has 0 aliphatic carbocycles. The minimum atomic E-state index is -0.353. The number of anilines is 1. The number of carbonyl (C=O) groups excluding carboxylic acids is 2. The number of hydrogen-bond acceptors (Lipinski definition) is 5. The Balaban J connectivity index is 1.71. The van der Waals surface area contributed by atoms with E-state index in [2.05, 4.69) is 41.3 Å². The molecule has 0 spiro atoms. The molecule has 0 bridgehead atoms. The summed E-state index contributed by atoms with van der Waals surface area (Å²) in [6, 6.07) is 15.0. The summed E-state index contributed by atoms with van der Waals surface area (Å²) in [4.78, 5) is 25.5. The number of nitrogens with zero attached hydrogens (tertiary/aromatic N) is 3. The van der Waals surface area contributed by atoms with Crippen LogP contribution >= 0.6 is 11.8 Å². The first-order chi connectivity index (χ1) is 17.2. The van der Waals surface area contributed by atoms with Crippen molar-refractivity contribution in [1.82, 2.24) is 20.1 Å². The second kappa shape index (κ2) is 12.5. The van der Waals surface area contributed by atoms with Crippen molar-refractivity contribution in [3.05, 3.63) is 83.7 Å². The van der Waals surface area contributed by atoms with Crippen LogP contribution in [0.2, 0.25) is 0 Å². The van der Waals surface area contributed by atoms with Crippen LogP contribution in [0.4, 0.5) is 5.69 Å². The molecule has 0 unspecified atom stereocenters. The summed E-state index contributed by atoms with van der Waals surface area (Å²) < 4.78 is 1.91. The molecule has 8 heteroatoms. The second-order valence-corrected chi connectivity index (χ2v) is 10.4. The van der Waals surface area contributed by atoms with E-state index >= 15 is 0 Å². The van der Waals surface area contributed by atoms with Gasteiger partial charge in [-0.05, 0) is 48.6 Å². The van der Waals surface area contributed by atoms with E-state index in [1.807, 2.05) is 73.9 Å². The Labute approximate surface area is 217 Å². The quantitative estimate of drug-likeness (QED) is 0.256. The lowest BCUT2D eigenvalue weighted by atomic mass is 10.0. The van der Waals surface area contributed by atoms with Crippen LogP contribution in [0.15, 0.2) is 66.3 Å². The fraction of sp³-hybridized carbons (Fsp3) is 0.357. The van der Waals surface area contributed by atoms with E-state index in [1.165, 1.54) is 17.3 Å². The summed E-state index contributed by atoms with van der Waals surface area (Å²) >= 11 is 1.31. The van der Waals surface area contributed by atoms with Crippen LogP contribution in [-0.4, -0.2) is 32.3 Å². The van der Waals surface area contributed by atoms with Crippen molar-refractivity contribution in [3.63, 3.8) is 0 Å². The lowest BCUT2D eigenvalue weighted by Crippen LogP contribution is -2.33. The van der Waals surface area contributed by atoms with E-state index in [9.17, 15) is 9.59 Å². The molecule has 2 amide bonds. The van der Waals surface area contributed by atoms with Crippen LogP contribution in [-0.2, 0) is 11.3 Å². The number of allylic oxidation sites excluding steroid dienone is 1. The molecule has 0 radical (unpaired) electrons. The van der Waals surface area contributed by atoms with Gasteiger partial charge in [0.2, 0.25) is 5.91 Å². The maximum atomic E-state index is 12.9. The maximum absolute atomic E-state index is 12.9. The molecule has 1 heterocycles. The third-order valence-electron chi connectivity index (χ3n) is 5.80. The summed E-state index contributed by atoms with van der Waals surface area (Å²) in [6.07, 6.45) is 1.76. The Bertz CT molecular complexity index is 1180. The molecule has 0 aliphatic heterocycles. The summed E-state index contributed by atoms with van der Waals surface area (Å²) in [5.74, 6) is 1.04. The van der Waals surface area contributed by atoms with Gasteiger partial charge in [-0.15, -0.1) is 16.8 Å². The summed E-state index contributed by atoms with van der Waals surface area (Å²) in [6.45, 7) is 14.6. The highest BCUT2D eigenvalue weighted by Crippen LogP contribution is 2.26. The van der Waals surface area contributed by atoms with Crippen molar-refractivity contribution in [3.8, 4) is 0 Å². The third-order valence-corrected chi connectivity index (χ3v) is 6.76. The second-order valence-electron chi connectivity index (χ2n) is 9.41. The van der Waals surface area contributed by atoms with E-state index in [1.54, 1.807) is 6.08 Å². The number of amides is 2. The van der Waals surface area contributed by atoms with Crippen molar-refractivity contribution in [1.29, 1.82) is 0 Å². The van der Waals surface area contributed by atoms with Crippen LogP contribution in [0, 0.1) is 12.8 Å². The molecule has 190 valence electrons. The minimum Gasteiger partial charge on any atom is -0.342 e. The maximum Gasteiger partial charge on any atom is 0.251 e. The zero-order chi connectivity index (χ0) is 26.2. The van der Waals surface area contributed by atoms with E-state index in [0.717, 1.165) is 11.3 Å². The number of rotatable bonds is 11. The Kier molecular flexibility index (Phi) is 9.47. The molecule has 3 rings (SSSR count). The molecule has 1 atom stereocenters. The highest BCUT2D eigenvalue weighted by molar-refractivity contribution is 7.99. The van der Waals surface area contributed by atoms with Crippen LogP contribution < -0.4 is 10.6 Å². The smallest absolute Gasteiger partial charge is 0.251 e. The Morgan fingerprint density at radius 1 is 1.03 bits per heavy atom. The van der Waals surface area contributed by atoms with Gasteiger partial charge in [-0.1, -0.05) is 75.4 Å². The number of benzene rings is 2. The van der Waals surface area contributed by atoms with Crippen LogP contribution in [0.3, 0.4) is 0 Å². The van der Waals surface area contributed by atoms with Gasteiger partial charge < -0.3 is 15.2 Å². The van der Waals surface area contributed by atoms with Crippen LogP contribution in [0.25, 0.3) is 0 Å². The zero-order valence-electron chi connectivity index (χ0n) is 21.6. The molecule has 2 aromatic carbocycles. The molecule has 0 aliphatic rings. The standard InChI is InChI=1S/C28H35N5O2S/c1-7-16-33-26(25(19(4)5)30-27(35)22-10-8-20(6)9-11-22)31-32-28(33)36-17-24(34)29-23-14-12-21(13-15-23)18(2)3/h7-15,18-19,25H,1,16-17H2,2-6H3,(H,29,34)(H,30,35)/t25-/m1/s1. The number of aromatic nitrogens is 3. The molecule has 7 nitrogen and oxygen atoms in total. The number of aryl methyl sites for hydroxylation is 1. The predicted molar refractivity (Wildman–Crippen MR) is 146 cm³/mol. The minimum absolute atomic E-state index is 0.0714. The van der Waals surface area contributed by atoms with E-state index in [0.29, 0.717) is 29.0 Å². The molecular weight excluding hydrogens is 470 g/mol. The average molecular weight is 506 g/mol. The van der Waals surface area contributed by atoms with Crippen molar-refractivity contribution < 1.29 is 9.59 Å². The lowest BCUT2D eigenvalue weighted by molar-refractivity contribution is -0.113. The van der Waals surface area contributed by atoms with Gasteiger partial charge in [0.1, 0.15) is 0 Å². The summed E-state index contributed by atoms with van der Waals surface area (Å²) in [5.41, 5.74) is 3.67. The Morgan fingerprint density at radius 2 is 1.69 bits per heavy atom. The molecule has 1 aromatic heterocycles. The molecular formula is C28H35N5O2S. The van der Waals surface area contributed by atoms with Gasteiger partial charge in [0.05, 0.1) is 11.8 Å². The predicted octanol–water partition coefficient (Wildman–Crippen LogP) is 5.75. The van der Waals surface area contributed by atoms with Gasteiger partial charge in [0.15, 0.2) is 11.0 Å². The van der Waals surface area contributed by atoms with Crippen molar-refractivity contribution in [2.24, 2.45) is 5.92 Å². The zero-order valence-corrected chi connectivity index (χ0v) is 22.4. The van der Waals surface area contributed by atoms with E-state index in [4.69, 9.17) is 0 Å². The topological polar surface area (TPSA) is 88.9 Å². The molecule has 0 saturated heterocycles. The highest BCUT2D eigenvalue weighted by Gasteiger charge is 2.26. The summed E-state index contributed by atoms with van der Waals surface area (Å²) in [5, 5.41) is 15.4. The number of carbonyl (C=O) groups is 2. The van der Waals surface area contributed by atoms with Gasteiger partial charge in [-0.25, -0.2) is 0 Å².